The van der Waals surface area contributed by atoms with Gasteiger partial charge < -0.3 is 16.0 Å². The van der Waals surface area contributed by atoms with E-state index in [0.29, 0.717) is 6.54 Å². The van der Waals surface area contributed by atoms with Crippen LogP contribution in [0.2, 0.25) is 0 Å². The lowest BCUT2D eigenvalue weighted by atomic mass is 10.1. The van der Waals surface area contributed by atoms with Gasteiger partial charge in [-0.1, -0.05) is 30.4 Å². The van der Waals surface area contributed by atoms with E-state index in [1.807, 2.05) is 42.7 Å². The summed E-state index contributed by atoms with van der Waals surface area (Å²) in [7, 11) is 0. The molecule has 0 radical (unpaired) electrons. The SMILES string of the molecule is N[C@H](CNc1cncc(C=Cc2ccncc2)c1)Cc1c[nH]c2ccccc12. The summed E-state index contributed by atoms with van der Waals surface area (Å²) in [6.07, 6.45) is 14.2. The van der Waals surface area contributed by atoms with Crippen LogP contribution in [0.3, 0.4) is 0 Å². The Morgan fingerprint density at radius 2 is 1.82 bits per heavy atom. The van der Waals surface area contributed by atoms with Crippen molar-refractivity contribution in [2.75, 3.05) is 11.9 Å². The fraction of sp³-hybridized carbons (Fsp3) is 0.130. The molecule has 4 rings (SSSR count). The molecule has 1 aromatic carbocycles. The topological polar surface area (TPSA) is 79.6 Å². The van der Waals surface area contributed by atoms with E-state index in [-0.39, 0.29) is 6.04 Å². The van der Waals surface area contributed by atoms with Crippen molar-refractivity contribution in [3.8, 4) is 0 Å². The first-order chi connectivity index (χ1) is 13.8. The first-order valence-corrected chi connectivity index (χ1v) is 9.35. The van der Waals surface area contributed by atoms with Crippen LogP contribution in [0.4, 0.5) is 5.69 Å². The number of fused-ring (bicyclic) bond motifs is 1. The molecule has 0 aliphatic heterocycles. The summed E-state index contributed by atoms with van der Waals surface area (Å²) >= 11 is 0. The minimum Gasteiger partial charge on any atom is -0.382 e. The molecule has 28 heavy (non-hydrogen) atoms. The molecule has 3 heterocycles. The number of nitrogens with zero attached hydrogens (tertiary/aromatic N) is 2. The van der Waals surface area contributed by atoms with Gasteiger partial charge in [0.05, 0.1) is 5.69 Å². The second kappa shape index (κ2) is 8.50. The predicted octanol–water partition coefficient (Wildman–Crippen LogP) is 4.11. The van der Waals surface area contributed by atoms with Gasteiger partial charge in [-0.25, -0.2) is 0 Å². The molecule has 0 unspecified atom stereocenters. The largest absolute Gasteiger partial charge is 0.382 e. The minimum absolute atomic E-state index is 0.00947. The van der Waals surface area contributed by atoms with Crippen molar-refractivity contribution in [1.29, 1.82) is 0 Å². The van der Waals surface area contributed by atoms with E-state index < -0.39 is 0 Å². The Morgan fingerprint density at radius 3 is 2.71 bits per heavy atom. The highest BCUT2D eigenvalue weighted by molar-refractivity contribution is 5.83. The number of rotatable bonds is 7. The standard InChI is InChI=1S/C23H23N5/c24-20(12-19-14-28-23-4-2-1-3-22(19)23)15-27-21-11-18(13-26-16-21)6-5-17-7-9-25-10-8-17/h1-11,13-14,16,20,27-28H,12,15,24H2/t20-/m0/s1. The van der Waals surface area contributed by atoms with Crippen LogP contribution in [-0.4, -0.2) is 27.5 Å². The molecule has 5 heteroatoms. The Balaban J connectivity index is 1.36. The molecule has 0 aliphatic carbocycles. The van der Waals surface area contributed by atoms with Gasteiger partial charge >= 0.3 is 0 Å². The third kappa shape index (κ3) is 4.45. The van der Waals surface area contributed by atoms with E-state index in [2.05, 4.69) is 50.7 Å². The van der Waals surface area contributed by atoms with Crippen LogP contribution in [-0.2, 0) is 6.42 Å². The third-order valence-electron chi connectivity index (χ3n) is 4.66. The third-order valence-corrected chi connectivity index (χ3v) is 4.66. The van der Waals surface area contributed by atoms with Gasteiger partial charge in [-0.3, -0.25) is 9.97 Å². The van der Waals surface area contributed by atoms with E-state index in [1.165, 1.54) is 10.9 Å². The smallest absolute Gasteiger partial charge is 0.0533 e. The number of hydrogen-bond donors (Lipinski definition) is 3. The quantitative estimate of drug-likeness (QED) is 0.458. The van der Waals surface area contributed by atoms with Crippen molar-refractivity contribution < 1.29 is 0 Å². The molecule has 0 fully saturated rings. The molecule has 4 N–H and O–H groups in total. The van der Waals surface area contributed by atoms with Gasteiger partial charge in [0.2, 0.25) is 0 Å². The minimum atomic E-state index is 0.00947. The van der Waals surface area contributed by atoms with Crippen LogP contribution < -0.4 is 11.1 Å². The van der Waals surface area contributed by atoms with Crippen LogP contribution in [0.25, 0.3) is 23.1 Å². The van der Waals surface area contributed by atoms with Gasteiger partial charge in [-0.15, -0.1) is 0 Å². The van der Waals surface area contributed by atoms with Crippen molar-refractivity contribution in [3.05, 3.63) is 90.1 Å². The Hall–Kier alpha value is -3.44. The number of aromatic amines is 1. The number of benzene rings is 1. The van der Waals surface area contributed by atoms with E-state index in [4.69, 9.17) is 5.73 Å². The zero-order chi connectivity index (χ0) is 19.2. The van der Waals surface area contributed by atoms with Crippen LogP contribution in [0.5, 0.6) is 0 Å². The Morgan fingerprint density at radius 1 is 1.00 bits per heavy atom. The molecular weight excluding hydrogens is 346 g/mol. The van der Waals surface area contributed by atoms with Crippen LogP contribution >= 0.6 is 0 Å². The lowest BCUT2D eigenvalue weighted by Gasteiger charge is -2.13. The van der Waals surface area contributed by atoms with E-state index in [9.17, 15) is 0 Å². The van der Waals surface area contributed by atoms with Crippen molar-refractivity contribution >= 4 is 28.7 Å². The van der Waals surface area contributed by atoms with Crippen LogP contribution in [0, 0.1) is 0 Å². The lowest BCUT2D eigenvalue weighted by Crippen LogP contribution is -2.31. The number of H-pyrrole nitrogens is 1. The van der Waals surface area contributed by atoms with E-state index in [1.54, 1.807) is 12.4 Å². The van der Waals surface area contributed by atoms with Gasteiger partial charge in [0.25, 0.3) is 0 Å². The second-order valence-corrected chi connectivity index (χ2v) is 6.83. The van der Waals surface area contributed by atoms with Gasteiger partial charge in [-0.05, 0) is 47.4 Å². The van der Waals surface area contributed by atoms with Gasteiger partial charge in [0.15, 0.2) is 0 Å². The molecule has 140 valence electrons. The summed E-state index contributed by atoms with van der Waals surface area (Å²) in [5.41, 5.74) is 11.9. The molecule has 5 nitrogen and oxygen atoms in total. The lowest BCUT2D eigenvalue weighted by molar-refractivity contribution is 0.702. The highest BCUT2D eigenvalue weighted by Gasteiger charge is 2.09. The van der Waals surface area contributed by atoms with Gasteiger partial charge in [-0.2, -0.15) is 0 Å². The summed E-state index contributed by atoms with van der Waals surface area (Å²) in [5.74, 6) is 0. The van der Waals surface area contributed by atoms with Crippen LogP contribution in [0.15, 0.2) is 73.4 Å². The van der Waals surface area contributed by atoms with Crippen molar-refractivity contribution in [2.24, 2.45) is 5.73 Å². The van der Waals surface area contributed by atoms with Gasteiger partial charge in [0, 0.05) is 54.5 Å². The molecule has 0 saturated carbocycles. The maximum Gasteiger partial charge on any atom is 0.0533 e. The molecule has 4 aromatic rings. The molecule has 0 amide bonds. The van der Waals surface area contributed by atoms with E-state index in [0.717, 1.165) is 28.8 Å². The number of nitrogens with one attached hydrogen (secondary N) is 2. The van der Waals surface area contributed by atoms with E-state index >= 15 is 0 Å². The Bertz CT molecular complexity index is 1070. The number of anilines is 1. The maximum atomic E-state index is 6.36. The fourth-order valence-electron chi connectivity index (χ4n) is 3.22. The molecule has 0 saturated heterocycles. The predicted molar refractivity (Wildman–Crippen MR) is 116 cm³/mol. The average molecular weight is 369 g/mol. The zero-order valence-electron chi connectivity index (χ0n) is 15.5. The van der Waals surface area contributed by atoms with Crippen LogP contribution in [0.1, 0.15) is 16.7 Å². The number of nitrogens with two attached hydrogens (primary N) is 1. The number of pyridine rings is 2. The highest BCUT2D eigenvalue weighted by Crippen LogP contribution is 2.19. The Labute approximate surface area is 164 Å². The Kier molecular flexibility index (Phi) is 5.45. The molecule has 0 aliphatic rings. The number of para-hydroxylation sites is 1. The molecule has 3 aromatic heterocycles. The van der Waals surface area contributed by atoms with Gasteiger partial charge in [0.1, 0.15) is 0 Å². The molecule has 0 bridgehead atoms. The molecule has 1 atom stereocenters. The first kappa shape index (κ1) is 17.9. The number of hydrogen-bond acceptors (Lipinski definition) is 4. The summed E-state index contributed by atoms with van der Waals surface area (Å²) in [5, 5.41) is 4.64. The highest BCUT2D eigenvalue weighted by atomic mass is 14.9. The normalized spacial score (nSPS) is 12.5. The first-order valence-electron chi connectivity index (χ1n) is 9.35. The van der Waals surface area contributed by atoms with Crippen molar-refractivity contribution in [1.82, 2.24) is 15.0 Å². The molecule has 0 spiro atoms. The second-order valence-electron chi connectivity index (χ2n) is 6.83. The maximum absolute atomic E-state index is 6.36. The summed E-state index contributed by atoms with van der Waals surface area (Å²) in [6, 6.07) is 14.3. The monoisotopic (exact) mass is 369 g/mol. The zero-order valence-corrected chi connectivity index (χ0v) is 15.5. The summed E-state index contributed by atoms with van der Waals surface area (Å²) in [6.45, 7) is 0.679. The molecular formula is C23H23N5. The summed E-state index contributed by atoms with van der Waals surface area (Å²) < 4.78 is 0. The van der Waals surface area contributed by atoms with Crippen molar-refractivity contribution in [3.63, 3.8) is 0 Å². The number of aromatic nitrogens is 3. The average Bonchev–Trinajstić information content (AvgIpc) is 3.15. The fourth-order valence-corrected chi connectivity index (χ4v) is 3.22. The van der Waals surface area contributed by atoms with Crippen molar-refractivity contribution in [2.45, 2.75) is 12.5 Å². The summed E-state index contributed by atoms with van der Waals surface area (Å²) in [4.78, 5) is 11.7.